The van der Waals surface area contributed by atoms with Crippen molar-refractivity contribution in [3.8, 4) is 5.75 Å². The maximum Gasteiger partial charge on any atom is 0.326 e. The van der Waals surface area contributed by atoms with E-state index in [4.69, 9.17) is 4.74 Å². The molecule has 134 valence electrons. The number of nitrogens with zero attached hydrogens (tertiary/aromatic N) is 2. The lowest BCUT2D eigenvalue weighted by Gasteiger charge is -2.17. The van der Waals surface area contributed by atoms with Gasteiger partial charge in [0, 0.05) is 13.2 Å². The lowest BCUT2D eigenvalue weighted by molar-refractivity contribution is -0.134. The maximum atomic E-state index is 12.7. The normalized spacial score (nSPS) is 11.7. The first-order valence-electron chi connectivity index (χ1n) is 7.64. The summed E-state index contributed by atoms with van der Waals surface area (Å²) in [5.74, 6) is -0.473. The predicted octanol–water partition coefficient (Wildman–Crippen LogP) is 3.22. The number of ether oxygens (including phenoxy) is 1. The summed E-state index contributed by atoms with van der Waals surface area (Å²) in [6, 6.07) is 15.5. The molecule has 1 aromatic heterocycles. The van der Waals surface area contributed by atoms with Gasteiger partial charge >= 0.3 is 5.97 Å². The van der Waals surface area contributed by atoms with E-state index in [0.29, 0.717) is 4.60 Å². The second-order valence-electron chi connectivity index (χ2n) is 5.54. The summed E-state index contributed by atoms with van der Waals surface area (Å²) in [7, 11) is -2.49. The molecule has 0 amide bonds. The standard InChI is InChI=1S/C18H15BrN2O4S/c1-21(12-17(22)25-16-7-4-10-20-18(16)19)26(23,24)15-9-8-13-5-2-3-6-14(13)11-15/h2-11H,12H2,1H3. The predicted molar refractivity (Wildman–Crippen MR) is 101 cm³/mol. The third-order valence-electron chi connectivity index (χ3n) is 3.73. The zero-order valence-corrected chi connectivity index (χ0v) is 16.2. The fourth-order valence-electron chi connectivity index (χ4n) is 2.38. The van der Waals surface area contributed by atoms with Crippen LogP contribution in [0.3, 0.4) is 0 Å². The van der Waals surface area contributed by atoms with Crippen molar-refractivity contribution in [1.29, 1.82) is 0 Å². The molecule has 1 heterocycles. The largest absolute Gasteiger partial charge is 0.423 e. The van der Waals surface area contributed by atoms with Crippen molar-refractivity contribution >= 4 is 42.7 Å². The molecule has 0 unspecified atom stereocenters. The average Bonchev–Trinajstić information content (AvgIpc) is 2.63. The van der Waals surface area contributed by atoms with Gasteiger partial charge in [0.15, 0.2) is 5.75 Å². The monoisotopic (exact) mass is 434 g/mol. The molecule has 6 nitrogen and oxygen atoms in total. The van der Waals surface area contributed by atoms with Crippen LogP contribution in [0.15, 0.2) is 70.3 Å². The Balaban J connectivity index is 1.77. The summed E-state index contributed by atoms with van der Waals surface area (Å²) in [5.41, 5.74) is 0. The van der Waals surface area contributed by atoms with E-state index in [-0.39, 0.29) is 10.6 Å². The fourth-order valence-corrected chi connectivity index (χ4v) is 3.86. The van der Waals surface area contributed by atoms with Crippen LogP contribution in [0.5, 0.6) is 5.75 Å². The van der Waals surface area contributed by atoms with Gasteiger partial charge in [0.25, 0.3) is 0 Å². The van der Waals surface area contributed by atoms with E-state index >= 15 is 0 Å². The molecular weight excluding hydrogens is 420 g/mol. The lowest BCUT2D eigenvalue weighted by atomic mass is 10.1. The van der Waals surface area contributed by atoms with Crippen LogP contribution in [0.4, 0.5) is 0 Å². The number of likely N-dealkylation sites (N-methyl/N-ethyl adjacent to an activating group) is 1. The van der Waals surface area contributed by atoms with Crippen molar-refractivity contribution in [3.05, 3.63) is 65.4 Å². The van der Waals surface area contributed by atoms with E-state index in [0.717, 1.165) is 15.1 Å². The first-order valence-corrected chi connectivity index (χ1v) is 9.87. The van der Waals surface area contributed by atoms with Gasteiger partial charge in [-0.2, -0.15) is 4.31 Å². The number of carbonyl (C=O) groups excluding carboxylic acids is 1. The SMILES string of the molecule is CN(CC(=O)Oc1cccnc1Br)S(=O)(=O)c1ccc2ccccc2c1. The Morgan fingerprint density at radius 1 is 1.12 bits per heavy atom. The first-order chi connectivity index (χ1) is 12.4. The summed E-state index contributed by atoms with van der Waals surface area (Å²) in [6.07, 6.45) is 1.54. The average molecular weight is 435 g/mol. The molecule has 26 heavy (non-hydrogen) atoms. The highest BCUT2D eigenvalue weighted by molar-refractivity contribution is 9.10. The van der Waals surface area contributed by atoms with Crippen LogP contribution in [-0.2, 0) is 14.8 Å². The molecule has 0 atom stereocenters. The van der Waals surface area contributed by atoms with E-state index in [9.17, 15) is 13.2 Å². The number of esters is 1. The summed E-state index contributed by atoms with van der Waals surface area (Å²) < 4.78 is 31.9. The van der Waals surface area contributed by atoms with Gasteiger partial charge in [-0.25, -0.2) is 13.4 Å². The van der Waals surface area contributed by atoms with E-state index in [1.54, 1.807) is 24.3 Å². The van der Waals surface area contributed by atoms with E-state index in [2.05, 4.69) is 20.9 Å². The Morgan fingerprint density at radius 2 is 1.85 bits per heavy atom. The minimum atomic E-state index is -3.82. The Bertz CT molecular complexity index is 1070. The molecule has 0 radical (unpaired) electrons. The Hall–Kier alpha value is -2.29. The first kappa shape index (κ1) is 18.5. The molecule has 2 aromatic carbocycles. The number of halogens is 1. The van der Waals surface area contributed by atoms with Gasteiger partial charge in [0.05, 0.1) is 4.90 Å². The molecule has 0 aliphatic carbocycles. The lowest BCUT2D eigenvalue weighted by Crippen LogP contribution is -2.34. The quantitative estimate of drug-likeness (QED) is 0.455. The molecule has 0 saturated carbocycles. The van der Waals surface area contributed by atoms with Gasteiger partial charge in [0.2, 0.25) is 10.0 Å². The molecule has 0 saturated heterocycles. The number of hydrogen-bond donors (Lipinski definition) is 0. The molecule has 3 aromatic rings. The molecule has 0 fully saturated rings. The molecule has 0 aliphatic heterocycles. The van der Waals surface area contributed by atoms with E-state index < -0.39 is 22.5 Å². The second kappa shape index (κ2) is 7.53. The number of rotatable bonds is 5. The van der Waals surface area contributed by atoms with E-state index in [1.165, 1.54) is 19.3 Å². The van der Waals surface area contributed by atoms with Crippen molar-refractivity contribution in [3.63, 3.8) is 0 Å². The highest BCUT2D eigenvalue weighted by atomic mass is 79.9. The number of pyridine rings is 1. The molecule has 0 N–H and O–H groups in total. The van der Waals surface area contributed by atoms with Crippen LogP contribution in [0, 0.1) is 0 Å². The van der Waals surface area contributed by atoms with Crippen molar-refractivity contribution < 1.29 is 17.9 Å². The highest BCUT2D eigenvalue weighted by Crippen LogP contribution is 2.23. The Kier molecular flexibility index (Phi) is 5.36. The number of fused-ring (bicyclic) bond motifs is 1. The van der Waals surface area contributed by atoms with Crippen molar-refractivity contribution in [2.75, 3.05) is 13.6 Å². The van der Waals surface area contributed by atoms with Crippen LogP contribution >= 0.6 is 15.9 Å². The smallest absolute Gasteiger partial charge is 0.326 e. The van der Waals surface area contributed by atoms with Crippen LogP contribution in [0.1, 0.15) is 0 Å². The van der Waals surface area contributed by atoms with Gasteiger partial charge < -0.3 is 4.74 Å². The fraction of sp³-hybridized carbons (Fsp3) is 0.111. The Labute approximate surface area is 159 Å². The Morgan fingerprint density at radius 3 is 2.58 bits per heavy atom. The summed E-state index contributed by atoms with van der Waals surface area (Å²) >= 11 is 3.17. The van der Waals surface area contributed by atoms with Gasteiger partial charge in [-0.1, -0.05) is 30.3 Å². The molecular formula is C18H15BrN2O4S. The third kappa shape index (κ3) is 3.92. The summed E-state index contributed by atoms with van der Waals surface area (Å²) in [6.45, 7) is -0.420. The zero-order chi connectivity index (χ0) is 18.7. The highest BCUT2D eigenvalue weighted by Gasteiger charge is 2.24. The molecule has 0 bridgehead atoms. The number of benzene rings is 2. The number of hydrogen-bond acceptors (Lipinski definition) is 5. The number of aromatic nitrogens is 1. The summed E-state index contributed by atoms with van der Waals surface area (Å²) in [4.78, 5) is 16.2. The van der Waals surface area contributed by atoms with Gasteiger partial charge in [-0.15, -0.1) is 0 Å². The minimum Gasteiger partial charge on any atom is -0.423 e. The van der Waals surface area contributed by atoms with Crippen molar-refractivity contribution in [2.45, 2.75) is 4.90 Å². The molecule has 0 aliphatic rings. The number of carbonyl (C=O) groups is 1. The minimum absolute atomic E-state index is 0.119. The van der Waals surface area contributed by atoms with Gasteiger partial charge in [-0.05, 0) is 51.0 Å². The maximum absolute atomic E-state index is 12.7. The van der Waals surface area contributed by atoms with Crippen LogP contribution < -0.4 is 4.74 Å². The van der Waals surface area contributed by atoms with E-state index in [1.807, 2.05) is 24.3 Å². The molecule has 0 spiro atoms. The van der Waals surface area contributed by atoms with Gasteiger partial charge in [0.1, 0.15) is 11.1 Å². The molecule has 3 rings (SSSR count). The third-order valence-corrected chi connectivity index (χ3v) is 6.12. The van der Waals surface area contributed by atoms with Crippen LogP contribution in [0.2, 0.25) is 0 Å². The van der Waals surface area contributed by atoms with Crippen LogP contribution in [-0.4, -0.2) is 37.3 Å². The second-order valence-corrected chi connectivity index (χ2v) is 8.33. The van der Waals surface area contributed by atoms with Crippen molar-refractivity contribution in [1.82, 2.24) is 9.29 Å². The zero-order valence-electron chi connectivity index (χ0n) is 13.8. The van der Waals surface area contributed by atoms with Gasteiger partial charge in [-0.3, -0.25) is 4.79 Å². The summed E-state index contributed by atoms with van der Waals surface area (Å²) in [5, 5.41) is 1.75. The number of sulfonamides is 1. The molecule has 8 heteroatoms. The topological polar surface area (TPSA) is 76.6 Å². The van der Waals surface area contributed by atoms with Crippen molar-refractivity contribution in [2.24, 2.45) is 0 Å². The van der Waals surface area contributed by atoms with Crippen LogP contribution in [0.25, 0.3) is 10.8 Å².